The van der Waals surface area contributed by atoms with Crippen molar-refractivity contribution in [1.82, 2.24) is 0 Å². The first-order valence-electron chi connectivity index (χ1n) is 7.14. The molecule has 0 radical (unpaired) electrons. The van der Waals surface area contributed by atoms with Crippen molar-refractivity contribution in [2.24, 2.45) is 0 Å². The number of carbonyl (C=O) groups is 2. The molecule has 23 heavy (non-hydrogen) atoms. The summed E-state index contributed by atoms with van der Waals surface area (Å²) in [5, 5.41) is 2.86. The first kappa shape index (κ1) is 17.2. The Kier molecular flexibility index (Phi) is 5.55. The zero-order valence-corrected chi connectivity index (χ0v) is 14.9. The minimum Gasteiger partial charge on any atom is -0.496 e. The molecule has 1 N–H and O–H groups in total. The Hall–Kier alpha value is -2.14. The van der Waals surface area contributed by atoms with Crippen LogP contribution in [0.25, 0.3) is 0 Å². The standard InChI is InChI=1S/C18H18BrNO3/c1-11-8-15(5-6-16(11)19)20-18(22)10-14-9-13(12(2)21)4-7-17(14)23-3/h4-9H,10H2,1-3H3,(H,20,22). The number of halogens is 1. The lowest BCUT2D eigenvalue weighted by Gasteiger charge is -2.11. The highest BCUT2D eigenvalue weighted by molar-refractivity contribution is 9.10. The predicted octanol–water partition coefficient (Wildman–Crippen LogP) is 4.15. The Balaban J connectivity index is 2.17. The number of methoxy groups -OCH3 is 1. The van der Waals surface area contributed by atoms with Crippen LogP contribution in [0, 0.1) is 6.92 Å². The van der Waals surface area contributed by atoms with E-state index < -0.39 is 0 Å². The average molecular weight is 376 g/mol. The minimum absolute atomic E-state index is 0.0437. The molecule has 0 aliphatic heterocycles. The number of anilines is 1. The predicted molar refractivity (Wildman–Crippen MR) is 94.2 cm³/mol. The second-order valence-corrected chi connectivity index (χ2v) is 6.13. The number of carbonyl (C=O) groups excluding carboxylic acids is 2. The number of aryl methyl sites for hydroxylation is 1. The molecule has 1 amide bonds. The van der Waals surface area contributed by atoms with Crippen molar-refractivity contribution in [2.75, 3.05) is 12.4 Å². The van der Waals surface area contributed by atoms with Gasteiger partial charge in [0.1, 0.15) is 5.75 Å². The van der Waals surface area contributed by atoms with Crippen LogP contribution in [0.15, 0.2) is 40.9 Å². The maximum atomic E-state index is 12.3. The third-order valence-corrected chi connectivity index (χ3v) is 4.37. The summed E-state index contributed by atoms with van der Waals surface area (Å²) in [6.45, 7) is 3.45. The van der Waals surface area contributed by atoms with E-state index in [0.29, 0.717) is 16.9 Å². The Morgan fingerprint density at radius 3 is 2.52 bits per heavy atom. The van der Waals surface area contributed by atoms with Crippen LogP contribution < -0.4 is 10.1 Å². The molecule has 0 bridgehead atoms. The van der Waals surface area contributed by atoms with Gasteiger partial charge in [-0.05, 0) is 55.8 Å². The Labute approximate surface area is 144 Å². The molecule has 4 nitrogen and oxygen atoms in total. The lowest BCUT2D eigenvalue weighted by molar-refractivity contribution is -0.115. The van der Waals surface area contributed by atoms with Gasteiger partial charge in [0.2, 0.25) is 5.91 Å². The van der Waals surface area contributed by atoms with E-state index in [0.717, 1.165) is 15.7 Å². The molecular formula is C18H18BrNO3. The van der Waals surface area contributed by atoms with E-state index in [1.165, 1.54) is 6.92 Å². The summed E-state index contributed by atoms with van der Waals surface area (Å²) >= 11 is 3.43. The molecule has 2 aromatic carbocycles. The second-order valence-electron chi connectivity index (χ2n) is 5.27. The number of Topliss-reactive ketones (excluding diaryl/α,β-unsaturated/α-hetero) is 1. The molecule has 2 aromatic rings. The molecule has 0 aliphatic rings. The number of hydrogen-bond donors (Lipinski definition) is 1. The van der Waals surface area contributed by atoms with Crippen molar-refractivity contribution >= 4 is 33.3 Å². The van der Waals surface area contributed by atoms with Gasteiger partial charge in [0.05, 0.1) is 13.5 Å². The molecule has 0 heterocycles. The highest BCUT2D eigenvalue weighted by Gasteiger charge is 2.12. The fourth-order valence-corrected chi connectivity index (χ4v) is 2.48. The van der Waals surface area contributed by atoms with Gasteiger partial charge in [-0.1, -0.05) is 15.9 Å². The van der Waals surface area contributed by atoms with E-state index in [2.05, 4.69) is 21.2 Å². The first-order chi connectivity index (χ1) is 10.9. The molecule has 0 saturated carbocycles. The summed E-state index contributed by atoms with van der Waals surface area (Å²) < 4.78 is 6.26. The maximum Gasteiger partial charge on any atom is 0.228 e. The molecule has 0 unspecified atom stereocenters. The Bertz CT molecular complexity index is 756. The zero-order valence-electron chi connectivity index (χ0n) is 13.3. The number of ketones is 1. The van der Waals surface area contributed by atoms with Crippen LogP contribution in [-0.2, 0) is 11.2 Å². The van der Waals surface area contributed by atoms with Gasteiger partial charge in [-0.15, -0.1) is 0 Å². The summed E-state index contributed by atoms with van der Waals surface area (Å²) in [7, 11) is 1.54. The van der Waals surface area contributed by atoms with Crippen LogP contribution >= 0.6 is 15.9 Å². The molecule has 0 aliphatic carbocycles. The fourth-order valence-electron chi connectivity index (χ4n) is 2.24. The lowest BCUT2D eigenvalue weighted by Crippen LogP contribution is -2.15. The van der Waals surface area contributed by atoms with Crippen molar-refractivity contribution in [3.63, 3.8) is 0 Å². The maximum absolute atomic E-state index is 12.3. The number of nitrogens with one attached hydrogen (secondary N) is 1. The molecule has 0 spiro atoms. The van der Waals surface area contributed by atoms with E-state index in [9.17, 15) is 9.59 Å². The fraction of sp³-hybridized carbons (Fsp3) is 0.222. The minimum atomic E-state index is -0.161. The van der Waals surface area contributed by atoms with Gasteiger partial charge in [-0.25, -0.2) is 0 Å². The van der Waals surface area contributed by atoms with Gasteiger partial charge in [-0.3, -0.25) is 9.59 Å². The van der Waals surface area contributed by atoms with E-state index in [-0.39, 0.29) is 18.1 Å². The third-order valence-electron chi connectivity index (χ3n) is 3.48. The summed E-state index contributed by atoms with van der Waals surface area (Å²) in [5.74, 6) is 0.390. The molecule has 120 valence electrons. The SMILES string of the molecule is COc1ccc(C(C)=O)cc1CC(=O)Nc1ccc(Br)c(C)c1. The first-order valence-corrected chi connectivity index (χ1v) is 7.94. The molecule has 0 aromatic heterocycles. The number of amides is 1. The molecule has 2 rings (SSSR count). The lowest BCUT2D eigenvalue weighted by atomic mass is 10.0. The second kappa shape index (κ2) is 7.42. The Morgan fingerprint density at radius 1 is 1.17 bits per heavy atom. The van der Waals surface area contributed by atoms with Gasteiger partial charge >= 0.3 is 0 Å². The van der Waals surface area contributed by atoms with E-state index in [4.69, 9.17) is 4.74 Å². The molecule has 0 fully saturated rings. The van der Waals surface area contributed by atoms with Crippen LogP contribution in [0.1, 0.15) is 28.4 Å². The summed E-state index contributed by atoms with van der Waals surface area (Å²) in [6, 6.07) is 10.7. The van der Waals surface area contributed by atoms with Crippen molar-refractivity contribution in [2.45, 2.75) is 20.3 Å². The molecular weight excluding hydrogens is 358 g/mol. The van der Waals surface area contributed by atoms with Crippen molar-refractivity contribution in [3.8, 4) is 5.75 Å². The van der Waals surface area contributed by atoms with Crippen LogP contribution in [0.4, 0.5) is 5.69 Å². The number of rotatable bonds is 5. The van der Waals surface area contributed by atoms with Crippen molar-refractivity contribution < 1.29 is 14.3 Å². The summed E-state index contributed by atoms with van der Waals surface area (Å²) in [4.78, 5) is 23.8. The van der Waals surface area contributed by atoms with E-state index in [1.54, 1.807) is 25.3 Å². The Morgan fingerprint density at radius 2 is 1.91 bits per heavy atom. The monoisotopic (exact) mass is 375 g/mol. The normalized spacial score (nSPS) is 10.3. The smallest absolute Gasteiger partial charge is 0.228 e. The number of ether oxygens (including phenoxy) is 1. The third kappa shape index (κ3) is 4.42. The molecule has 5 heteroatoms. The van der Waals surface area contributed by atoms with Gasteiger partial charge in [0, 0.05) is 21.3 Å². The number of benzene rings is 2. The van der Waals surface area contributed by atoms with Crippen molar-refractivity contribution in [3.05, 3.63) is 57.6 Å². The van der Waals surface area contributed by atoms with Crippen LogP contribution in [0.5, 0.6) is 5.75 Å². The molecule has 0 saturated heterocycles. The van der Waals surface area contributed by atoms with Gasteiger partial charge < -0.3 is 10.1 Å². The van der Waals surface area contributed by atoms with Gasteiger partial charge in [-0.2, -0.15) is 0 Å². The highest BCUT2D eigenvalue weighted by Crippen LogP contribution is 2.23. The van der Waals surface area contributed by atoms with Crippen molar-refractivity contribution in [1.29, 1.82) is 0 Å². The zero-order chi connectivity index (χ0) is 17.0. The summed E-state index contributed by atoms with van der Waals surface area (Å²) in [5.41, 5.74) is 3.02. The molecule has 0 atom stereocenters. The quantitative estimate of drug-likeness (QED) is 0.798. The highest BCUT2D eigenvalue weighted by atomic mass is 79.9. The van der Waals surface area contributed by atoms with Crippen LogP contribution in [0.3, 0.4) is 0 Å². The van der Waals surface area contributed by atoms with E-state index >= 15 is 0 Å². The van der Waals surface area contributed by atoms with Crippen LogP contribution in [0.2, 0.25) is 0 Å². The van der Waals surface area contributed by atoms with E-state index in [1.807, 2.05) is 25.1 Å². The number of hydrogen-bond acceptors (Lipinski definition) is 3. The average Bonchev–Trinajstić information content (AvgIpc) is 2.50. The van der Waals surface area contributed by atoms with Gasteiger partial charge in [0.15, 0.2) is 5.78 Å². The topological polar surface area (TPSA) is 55.4 Å². The van der Waals surface area contributed by atoms with Crippen LogP contribution in [-0.4, -0.2) is 18.8 Å². The largest absolute Gasteiger partial charge is 0.496 e. The van der Waals surface area contributed by atoms with Gasteiger partial charge in [0.25, 0.3) is 0 Å². The summed E-state index contributed by atoms with van der Waals surface area (Å²) in [6.07, 6.45) is 0.138.